The molecule has 1 fully saturated rings. The van der Waals surface area contributed by atoms with E-state index in [1.54, 1.807) is 7.11 Å². The lowest BCUT2D eigenvalue weighted by Gasteiger charge is -2.32. The smallest absolute Gasteiger partial charge is 0.389 e. The Hall–Kier alpha value is -0.875. The van der Waals surface area contributed by atoms with Crippen LogP contribution in [0.4, 0.5) is 0 Å². The molecule has 0 bridgehead atoms. The first-order valence-electron chi connectivity index (χ1n) is 7.48. The Bertz CT molecular complexity index is 434. The molecule has 2 rings (SSSR count). The molecule has 0 N–H and O–H groups in total. The van der Waals surface area contributed by atoms with Crippen LogP contribution in [-0.2, 0) is 20.6 Å². The van der Waals surface area contributed by atoms with Crippen molar-refractivity contribution in [2.75, 3.05) is 20.3 Å². The number of rotatable bonds is 6. The van der Waals surface area contributed by atoms with Gasteiger partial charge in [0.1, 0.15) is 0 Å². The van der Waals surface area contributed by atoms with Gasteiger partial charge in [0.05, 0.1) is 17.8 Å². The summed E-state index contributed by atoms with van der Waals surface area (Å²) in [6, 6.07) is 10.4. The van der Waals surface area contributed by atoms with Crippen LogP contribution in [-0.4, -0.2) is 43.5 Å². The van der Waals surface area contributed by atoms with Gasteiger partial charge in [-0.15, -0.1) is 0 Å². The van der Waals surface area contributed by atoms with E-state index < -0.39 is 0 Å². The Morgan fingerprint density at radius 1 is 1.05 bits per heavy atom. The van der Waals surface area contributed by atoms with E-state index in [9.17, 15) is 0 Å². The zero-order valence-electron chi connectivity index (χ0n) is 13.8. The molecule has 1 aromatic rings. The normalized spacial score (nSPS) is 20.2. The molecule has 0 atom stereocenters. The van der Waals surface area contributed by atoms with Crippen molar-refractivity contribution < 1.29 is 14.0 Å². The summed E-state index contributed by atoms with van der Waals surface area (Å²) < 4.78 is 17.5. The number of methoxy groups -OCH3 is 1. The van der Waals surface area contributed by atoms with Crippen LogP contribution in [0, 0.1) is 0 Å². The summed E-state index contributed by atoms with van der Waals surface area (Å²) in [7, 11) is 1.37. The number of nitrogens with zero attached hydrogens (tertiary/aromatic N) is 1. The minimum absolute atomic E-state index is 0.320. The number of hydrogen-bond donors (Lipinski definition) is 0. The van der Waals surface area contributed by atoms with Crippen molar-refractivity contribution in [3.8, 4) is 0 Å². The molecule has 0 aromatic heterocycles. The van der Waals surface area contributed by atoms with Gasteiger partial charge >= 0.3 is 7.25 Å². The van der Waals surface area contributed by atoms with Crippen LogP contribution in [0.2, 0.25) is 0 Å². The Labute approximate surface area is 128 Å². The summed E-state index contributed by atoms with van der Waals surface area (Å²) in [5.74, 6) is 0. The lowest BCUT2D eigenvalue weighted by molar-refractivity contribution is 0.00578. The van der Waals surface area contributed by atoms with Crippen LogP contribution in [0.1, 0.15) is 33.3 Å². The predicted octanol–water partition coefficient (Wildman–Crippen LogP) is 2.72. The number of ether oxygens (including phenoxy) is 1. The fourth-order valence-electron chi connectivity index (χ4n) is 2.25. The van der Waals surface area contributed by atoms with Gasteiger partial charge in [0, 0.05) is 20.2 Å². The third-order valence-electron chi connectivity index (χ3n) is 4.35. The average Bonchev–Trinajstić information content (AvgIpc) is 2.64. The summed E-state index contributed by atoms with van der Waals surface area (Å²) in [5, 5.41) is 0. The topological polar surface area (TPSA) is 30.9 Å². The molecule has 21 heavy (non-hydrogen) atoms. The maximum absolute atomic E-state index is 6.14. The molecule has 0 unspecified atom stereocenters. The van der Waals surface area contributed by atoms with Gasteiger partial charge in [-0.3, -0.25) is 4.81 Å². The monoisotopic (exact) mass is 291 g/mol. The Morgan fingerprint density at radius 3 is 2.14 bits per heavy atom. The van der Waals surface area contributed by atoms with E-state index in [1.165, 1.54) is 5.56 Å². The molecule has 0 saturated carbocycles. The highest BCUT2D eigenvalue weighted by Gasteiger charge is 2.53. The molecular formula is C16H26BNO3. The van der Waals surface area contributed by atoms with E-state index in [4.69, 9.17) is 14.0 Å². The van der Waals surface area contributed by atoms with Gasteiger partial charge in [0.25, 0.3) is 0 Å². The zero-order chi connectivity index (χ0) is 15.5. The molecule has 1 heterocycles. The SMILES string of the molecule is COCCN(Cc1ccccc1)B1OC(C)(C)C(C)(C)O1. The second kappa shape index (κ2) is 6.49. The van der Waals surface area contributed by atoms with E-state index in [0.29, 0.717) is 6.61 Å². The van der Waals surface area contributed by atoms with Crippen molar-refractivity contribution in [1.29, 1.82) is 0 Å². The van der Waals surface area contributed by atoms with Crippen LogP contribution in [0.3, 0.4) is 0 Å². The largest absolute Gasteiger partial charge is 0.558 e. The van der Waals surface area contributed by atoms with E-state index in [-0.39, 0.29) is 18.5 Å². The first-order valence-corrected chi connectivity index (χ1v) is 7.48. The molecule has 0 radical (unpaired) electrons. The molecule has 0 amide bonds. The lowest BCUT2D eigenvalue weighted by atomic mass is 9.90. The molecule has 1 aromatic carbocycles. The van der Waals surface area contributed by atoms with E-state index in [1.807, 2.05) is 18.2 Å². The molecule has 0 aliphatic carbocycles. The van der Waals surface area contributed by atoms with Crippen molar-refractivity contribution in [3.63, 3.8) is 0 Å². The van der Waals surface area contributed by atoms with E-state index in [0.717, 1.165) is 13.1 Å². The van der Waals surface area contributed by atoms with Crippen LogP contribution < -0.4 is 0 Å². The van der Waals surface area contributed by atoms with E-state index >= 15 is 0 Å². The third kappa shape index (κ3) is 3.86. The molecule has 1 aliphatic rings. The van der Waals surface area contributed by atoms with Crippen LogP contribution in [0.5, 0.6) is 0 Å². The molecular weight excluding hydrogens is 265 g/mol. The van der Waals surface area contributed by atoms with Crippen molar-refractivity contribution in [2.45, 2.75) is 45.4 Å². The third-order valence-corrected chi connectivity index (χ3v) is 4.35. The minimum atomic E-state index is -0.342. The zero-order valence-corrected chi connectivity index (χ0v) is 13.8. The standard InChI is InChI=1S/C16H26BNO3/c1-15(2)16(3,4)21-17(20-15)18(11-12-19-5)13-14-9-7-6-8-10-14/h6-10H,11-13H2,1-5H3. The number of hydrogen-bond acceptors (Lipinski definition) is 4. The Balaban J connectivity index is 2.10. The van der Waals surface area contributed by atoms with Gasteiger partial charge in [0.2, 0.25) is 0 Å². The summed E-state index contributed by atoms with van der Waals surface area (Å²) in [6.07, 6.45) is 0. The first-order chi connectivity index (χ1) is 9.86. The highest BCUT2D eigenvalue weighted by molar-refractivity contribution is 6.42. The van der Waals surface area contributed by atoms with Crippen LogP contribution >= 0.6 is 0 Å². The summed E-state index contributed by atoms with van der Waals surface area (Å²) >= 11 is 0. The van der Waals surface area contributed by atoms with Gasteiger partial charge in [-0.2, -0.15) is 0 Å². The molecule has 116 valence electrons. The quantitative estimate of drug-likeness (QED) is 0.754. The Kier molecular flexibility index (Phi) is 5.09. The second-order valence-corrected chi connectivity index (χ2v) is 6.51. The van der Waals surface area contributed by atoms with Gasteiger partial charge in [-0.25, -0.2) is 0 Å². The van der Waals surface area contributed by atoms with Crippen molar-refractivity contribution in [2.24, 2.45) is 0 Å². The van der Waals surface area contributed by atoms with Gasteiger partial charge in [-0.05, 0) is 33.3 Å². The molecule has 0 spiro atoms. The van der Waals surface area contributed by atoms with Crippen molar-refractivity contribution in [1.82, 2.24) is 4.81 Å². The minimum Gasteiger partial charge on any atom is -0.389 e. The predicted molar refractivity (Wildman–Crippen MR) is 84.8 cm³/mol. The maximum Gasteiger partial charge on any atom is 0.558 e. The summed E-state index contributed by atoms with van der Waals surface area (Å²) in [5.41, 5.74) is 0.600. The van der Waals surface area contributed by atoms with Crippen LogP contribution in [0.15, 0.2) is 30.3 Å². The molecule has 5 heteroatoms. The molecule has 1 saturated heterocycles. The highest BCUT2D eigenvalue weighted by Crippen LogP contribution is 2.37. The van der Waals surface area contributed by atoms with Crippen molar-refractivity contribution >= 4 is 7.25 Å². The van der Waals surface area contributed by atoms with Gasteiger partial charge in [0.15, 0.2) is 0 Å². The fourth-order valence-corrected chi connectivity index (χ4v) is 2.25. The number of benzene rings is 1. The van der Waals surface area contributed by atoms with E-state index in [2.05, 4.69) is 44.6 Å². The van der Waals surface area contributed by atoms with Gasteiger partial charge in [-0.1, -0.05) is 30.3 Å². The fraction of sp³-hybridized carbons (Fsp3) is 0.625. The average molecular weight is 291 g/mol. The highest BCUT2D eigenvalue weighted by atomic mass is 16.7. The first kappa shape index (κ1) is 16.5. The maximum atomic E-state index is 6.14. The molecule has 1 aliphatic heterocycles. The Morgan fingerprint density at radius 2 is 1.62 bits per heavy atom. The lowest BCUT2D eigenvalue weighted by Crippen LogP contribution is -2.43. The van der Waals surface area contributed by atoms with Gasteiger partial charge < -0.3 is 14.0 Å². The summed E-state index contributed by atoms with van der Waals surface area (Å²) in [6.45, 7) is 10.5. The molecule has 4 nitrogen and oxygen atoms in total. The summed E-state index contributed by atoms with van der Waals surface area (Å²) in [4.78, 5) is 2.18. The second-order valence-electron chi connectivity index (χ2n) is 6.51. The van der Waals surface area contributed by atoms with Crippen molar-refractivity contribution in [3.05, 3.63) is 35.9 Å². The van der Waals surface area contributed by atoms with Crippen LogP contribution in [0.25, 0.3) is 0 Å².